The van der Waals surface area contributed by atoms with Gasteiger partial charge in [0, 0.05) is 0 Å². The predicted molar refractivity (Wildman–Crippen MR) is 45.7 cm³/mol. The first-order valence-electron chi connectivity index (χ1n) is 2.64. The molecule has 0 N–H and O–H groups in total. The van der Waals surface area contributed by atoms with Crippen molar-refractivity contribution in [2.24, 2.45) is 0 Å². The van der Waals surface area contributed by atoms with Crippen LogP contribution in [0.5, 0.6) is 0 Å². The molecule has 0 aliphatic heterocycles. The molecule has 86 valence electrons. The van der Waals surface area contributed by atoms with Crippen molar-refractivity contribution < 1.29 is 22.0 Å². The maximum Gasteiger partial charge on any atom is 0.375 e. The smallest absolute Gasteiger partial charge is 0.211 e. The van der Waals surface area contributed by atoms with Gasteiger partial charge in [-0.2, -0.15) is 17.6 Å². The van der Waals surface area contributed by atoms with Gasteiger partial charge in [0.2, 0.25) is 0 Å². The topological polar surface area (TPSA) is 0 Å². The number of hydrogen-bond donors (Lipinski definition) is 0. The summed E-state index contributed by atoms with van der Waals surface area (Å²) in [7, 11) is 0. The molecule has 1 atom stereocenters. The van der Waals surface area contributed by atoms with Gasteiger partial charge in [-0.15, -0.1) is 0 Å². The van der Waals surface area contributed by atoms with Gasteiger partial charge in [-0.3, -0.25) is 0 Å². The highest BCUT2D eigenvalue weighted by Gasteiger charge is 2.76. The van der Waals surface area contributed by atoms with Gasteiger partial charge < -0.3 is 0 Å². The van der Waals surface area contributed by atoms with E-state index < -0.39 is 20.2 Å². The molecular formula is C4Cl5F5. The fourth-order valence-electron chi connectivity index (χ4n) is 0.356. The molecule has 0 aliphatic rings. The lowest BCUT2D eigenvalue weighted by Gasteiger charge is -2.34. The van der Waals surface area contributed by atoms with Gasteiger partial charge in [0.15, 0.2) is 0 Å². The van der Waals surface area contributed by atoms with E-state index in [1.807, 2.05) is 0 Å². The first-order valence-corrected chi connectivity index (χ1v) is 4.53. The second kappa shape index (κ2) is 3.84. The molecule has 0 saturated carbocycles. The number of halogens is 10. The summed E-state index contributed by atoms with van der Waals surface area (Å²) in [5, 5.41) is -10.1. The summed E-state index contributed by atoms with van der Waals surface area (Å²) in [6.07, 6.45) is 0. The van der Waals surface area contributed by atoms with Crippen LogP contribution >= 0.6 is 58.0 Å². The maximum absolute atomic E-state index is 12.8. The van der Waals surface area contributed by atoms with Crippen LogP contribution < -0.4 is 0 Å². The summed E-state index contributed by atoms with van der Waals surface area (Å²) in [6, 6.07) is 0. The van der Waals surface area contributed by atoms with Crippen molar-refractivity contribution in [1.82, 2.24) is 0 Å². The van der Waals surface area contributed by atoms with Crippen molar-refractivity contribution in [2.75, 3.05) is 0 Å². The van der Waals surface area contributed by atoms with Crippen LogP contribution in [-0.2, 0) is 0 Å². The summed E-state index contributed by atoms with van der Waals surface area (Å²) < 4.78 is 58.8. The van der Waals surface area contributed by atoms with Crippen LogP contribution in [0.25, 0.3) is 0 Å². The third-order valence-corrected chi connectivity index (χ3v) is 2.65. The third kappa shape index (κ3) is 2.43. The van der Waals surface area contributed by atoms with Crippen LogP contribution in [0, 0.1) is 0 Å². The fourth-order valence-corrected chi connectivity index (χ4v) is 1.15. The fraction of sp³-hybridized carbons (Fsp3) is 1.00. The van der Waals surface area contributed by atoms with Gasteiger partial charge in [0.05, 0.1) is 0 Å². The quantitative estimate of drug-likeness (QED) is 0.510. The zero-order valence-corrected chi connectivity index (χ0v) is 9.56. The van der Waals surface area contributed by atoms with Crippen molar-refractivity contribution >= 4 is 58.0 Å². The van der Waals surface area contributed by atoms with Gasteiger partial charge >= 0.3 is 16.4 Å². The molecule has 0 aromatic heterocycles. The molecule has 0 heterocycles. The van der Waals surface area contributed by atoms with Crippen LogP contribution in [0.4, 0.5) is 22.0 Å². The molecule has 0 amide bonds. The van der Waals surface area contributed by atoms with Gasteiger partial charge in [0.25, 0.3) is 3.79 Å². The van der Waals surface area contributed by atoms with Gasteiger partial charge in [0.1, 0.15) is 0 Å². The Kier molecular flexibility index (Phi) is 4.14. The molecule has 0 bridgehead atoms. The molecule has 0 saturated heterocycles. The minimum atomic E-state index is -5.17. The molecule has 0 unspecified atom stereocenters. The lowest BCUT2D eigenvalue weighted by Crippen LogP contribution is -2.57. The Balaban J connectivity index is 5.30. The van der Waals surface area contributed by atoms with Crippen molar-refractivity contribution in [3.63, 3.8) is 0 Å². The monoisotopic (exact) mass is 318 g/mol. The Labute approximate surface area is 100 Å². The average Bonchev–Trinajstić information content (AvgIpc) is 1.81. The highest BCUT2D eigenvalue weighted by Crippen LogP contribution is 2.58. The molecule has 0 rings (SSSR count). The summed E-state index contributed by atoms with van der Waals surface area (Å²) >= 11 is 22.0. The molecule has 0 nitrogen and oxygen atoms in total. The molecule has 14 heavy (non-hydrogen) atoms. The highest BCUT2D eigenvalue weighted by atomic mass is 35.6. The minimum Gasteiger partial charge on any atom is -0.211 e. The second-order valence-electron chi connectivity index (χ2n) is 2.14. The first-order chi connectivity index (χ1) is 5.75. The maximum atomic E-state index is 12.8. The molecular weight excluding hydrogens is 320 g/mol. The van der Waals surface area contributed by atoms with Crippen LogP contribution in [-0.4, -0.2) is 20.2 Å². The van der Waals surface area contributed by atoms with E-state index in [4.69, 9.17) is 0 Å². The summed E-state index contributed by atoms with van der Waals surface area (Å²) in [4.78, 5) is 0. The Morgan fingerprint density at radius 2 is 0.929 bits per heavy atom. The van der Waals surface area contributed by atoms with Gasteiger partial charge in [-0.25, -0.2) is 4.39 Å². The van der Waals surface area contributed by atoms with Crippen LogP contribution in [0.3, 0.4) is 0 Å². The lowest BCUT2D eigenvalue weighted by atomic mass is 10.2. The third-order valence-electron chi connectivity index (χ3n) is 1.11. The largest absolute Gasteiger partial charge is 0.375 e. The van der Waals surface area contributed by atoms with Crippen LogP contribution in [0.2, 0.25) is 0 Å². The lowest BCUT2D eigenvalue weighted by molar-refractivity contribution is -0.167. The Morgan fingerprint density at radius 1 is 0.643 bits per heavy atom. The summed E-state index contributed by atoms with van der Waals surface area (Å²) in [5.74, 6) is -5.17. The standard InChI is InChI=1S/C4Cl5F5/c5-1(10,4(9,13)14)2(11,12)3(6,7)8/t1-/m1/s1. The predicted octanol–water partition coefficient (Wildman–Crippen LogP) is 4.73. The van der Waals surface area contributed by atoms with Gasteiger partial charge in [-0.1, -0.05) is 46.4 Å². The number of hydrogen-bond acceptors (Lipinski definition) is 0. The Hall–Kier alpha value is 1.10. The molecule has 0 aromatic carbocycles. The van der Waals surface area contributed by atoms with E-state index in [1.54, 1.807) is 0 Å². The number of rotatable bonds is 2. The van der Waals surface area contributed by atoms with Crippen molar-refractivity contribution in [1.29, 1.82) is 0 Å². The van der Waals surface area contributed by atoms with Crippen molar-refractivity contribution in [3.05, 3.63) is 0 Å². The highest BCUT2D eigenvalue weighted by molar-refractivity contribution is 6.68. The molecule has 0 aliphatic carbocycles. The van der Waals surface area contributed by atoms with Crippen molar-refractivity contribution in [3.8, 4) is 0 Å². The molecule has 0 fully saturated rings. The van der Waals surface area contributed by atoms with E-state index in [9.17, 15) is 22.0 Å². The molecule has 0 radical (unpaired) electrons. The van der Waals surface area contributed by atoms with E-state index in [-0.39, 0.29) is 0 Å². The van der Waals surface area contributed by atoms with Crippen LogP contribution in [0.15, 0.2) is 0 Å². The normalized spacial score (nSPS) is 19.3. The summed E-state index contributed by atoms with van der Waals surface area (Å²) in [6.45, 7) is 0. The van der Waals surface area contributed by atoms with Gasteiger partial charge in [-0.05, 0) is 11.6 Å². The zero-order valence-electron chi connectivity index (χ0n) is 5.78. The van der Waals surface area contributed by atoms with E-state index in [0.29, 0.717) is 0 Å². The van der Waals surface area contributed by atoms with E-state index in [1.165, 1.54) is 0 Å². The van der Waals surface area contributed by atoms with E-state index in [2.05, 4.69) is 58.0 Å². The molecule has 0 aromatic rings. The SMILES string of the molecule is FC(F)(Cl)[C@@](F)(Cl)C(F)(F)C(Cl)(Cl)Cl. The first kappa shape index (κ1) is 15.1. The molecule has 10 heteroatoms. The minimum absolute atomic E-state index is 3.65. The van der Waals surface area contributed by atoms with Crippen molar-refractivity contribution in [2.45, 2.75) is 20.2 Å². The number of alkyl halides is 10. The Morgan fingerprint density at radius 3 is 1.00 bits per heavy atom. The molecule has 0 spiro atoms. The average molecular weight is 320 g/mol. The Bertz CT molecular complexity index is 191. The summed E-state index contributed by atoms with van der Waals surface area (Å²) in [5.41, 5.74) is 0. The zero-order chi connectivity index (χ0) is 12.0. The van der Waals surface area contributed by atoms with Crippen LogP contribution in [0.1, 0.15) is 0 Å². The van der Waals surface area contributed by atoms with E-state index in [0.717, 1.165) is 0 Å². The van der Waals surface area contributed by atoms with E-state index >= 15 is 0 Å². The second-order valence-corrected chi connectivity index (χ2v) is 5.42.